The smallest absolute Gasteiger partial charge is 0.303 e. The van der Waals surface area contributed by atoms with Crippen LogP contribution in [0.5, 0.6) is 0 Å². The maximum Gasteiger partial charge on any atom is 0.303 e. The van der Waals surface area contributed by atoms with E-state index in [9.17, 15) is 15.3 Å². The summed E-state index contributed by atoms with van der Waals surface area (Å²) in [6, 6.07) is 19.5. The van der Waals surface area contributed by atoms with Crippen molar-refractivity contribution < 1.29 is 9.90 Å². The summed E-state index contributed by atoms with van der Waals surface area (Å²) >= 11 is 0. The van der Waals surface area contributed by atoms with Crippen molar-refractivity contribution >= 4 is 54.7 Å². The average Bonchev–Trinajstić information content (AvgIpc) is 2.81. The van der Waals surface area contributed by atoms with Crippen LogP contribution in [-0.2, 0) is 11.2 Å². The van der Waals surface area contributed by atoms with Gasteiger partial charge in [-0.3, -0.25) is 4.79 Å². The van der Waals surface area contributed by atoms with Crippen LogP contribution in [0.2, 0.25) is 0 Å². The minimum Gasteiger partial charge on any atom is -0.481 e. The van der Waals surface area contributed by atoms with E-state index in [0.29, 0.717) is 35.0 Å². The summed E-state index contributed by atoms with van der Waals surface area (Å²) in [4.78, 5) is 14.7. The third-order valence-electron chi connectivity index (χ3n) is 6.16. The molecule has 5 heteroatoms. The molecule has 0 spiro atoms. The number of carbonyl (C=O) groups is 1. The number of carboxylic acids is 1. The number of aliphatic carboxylic acids is 1. The first-order valence-electron chi connectivity index (χ1n) is 10.2. The lowest BCUT2D eigenvalue weighted by Gasteiger charge is -2.18. The molecule has 0 aliphatic heterocycles. The topological polar surface area (TPSA) is 89.2 Å². The number of rotatable bonds is 4. The summed E-state index contributed by atoms with van der Waals surface area (Å²) in [5, 5.41) is 35.5. The summed E-state index contributed by atoms with van der Waals surface area (Å²) in [6.45, 7) is 7.71. The molecule has 0 radical (unpaired) electrons. The Balaban J connectivity index is 1.97. The molecule has 0 fully saturated rings. The van der Waals surface area contributed by atoms with Gasteiger partial charge in [-0.05, 0) is 57.3 Å². The normalized spacial score (nSPS) is 11.0. The summed E-state index contributed by atoms with van der Waals surface area (Å²) in [5.74, 6) is -0.833. The SMILES string of the molecule is [C-]#[N+]c1ccc2c3ccc(C#N)c4c(C#N)ccc(c5ccc(CCCC(=O)O)c1c52)c43. The first-order valence-corrected chi connectivity index (χ1v) is 10.2. The summed E-state index contributed by atoms with van der Waals surface area (Å²) in [7, 11) is 0. The minimum absolute atomic E-state index is 0.0757. The molecule has 0 aromatic heterocycles. The van der Waals surface area contributed by atoms with Crippen LogP contribution in [0.15, 0.2) is 48.5 Å². The molecule has 0 unspecified atom stereocenters. The van der Waals surface area contributed by atoms with Crippen LogP contribution in [0.4, 0.5) is 5.69 Å². The molecule has 150 valence electrons. The van der Waals surface area contributed by atoms with Crippen molar-refractivity contribution in [3.63, 3.8) is 0 Å². The van der Waals surface area contributed by atoms with Gasteiger partial charge in [-0.15, -0.1) is 0 Å². The van der Waals surface area contributed by atoms with E-state index in [2.05, 4.69) is 17.0 Å². The van der Waals surface area contributed by atoms with Crippen LogP contribution in [0.3, 0.4) is 0 Å². The first kappa shape index (κ1) is 19.3. The molecule has 0 aliphatic rings. The quantitative estimate of drug-likeness (QED) is 0.209. The molecule has 5 aromatic rings. The molecule has 32 heavy (non-hydrogen) atoms. The number of fused-ring (bicyclic) bond motifs is 2. The molecule has 5 rings (SSSR count). The fourth-order valence-electron chi connectivity index (χ4n) is 4.86. The van der Waals surface area contributed by atoms with Crippen molar-refractivity contribution in [3.05, 3.63) is 76.6 Å². The van der Waals surface area contributed by atoms with Crippen LogP contribution in [0.25, 0.3) is 47.9 Å². The van der Waals surface area contributed by atoms with Crippen molar-refractivity contribution in [1.82, 2.24) is 0 Å². The molecular formula is C27H15N3O2. The Bertz CT molecular complexity index is 1640. The maximum atomic E-state index is 11.0. The second-order valence-electron chi connectivity index (χ2n) is 7.81. The second kappa shape index (κ2) is 7.24. The van der Waals surface area contributed by atoms with Crippen molar-refractivity contribution in [2.24, 2.45) is 0 Å². The van der Waals surface area contributed by atoms with Crippen LogP contribution >= 0.6 is 0 Å². The highest BCUT2D eigenvalue weighted by Gasteiger charge is 2.19. The largest absolute Gasteiger partial charge is 0.481 e. The predicted molar refractivity (Wildman–Crippen MR) is 124 cm³/mol. The van der Waals surface area contributed by atoms with Crippen LogP contribution in [0, 0.1) is 29.2 Å². The molecule has 5 nitrogen and oxygen atoms in total. The van der Waals surface area contributed by atoms with E-state index in [1.165, 1.54) is 0 Å². The second-order valence-corrected chi connectivity index (χ2v) is 7.81. The maximum absolute atomic E-state index is 11.0. The van der Waals surface area contributed by atoms with Crippen LogP contribution in [0.1, 0.15) is 29.5 Å². The van der Waals surface area contributed by atoms with Crippen molar-refractivity contribution in [2.75, 3.05) is 0 Å². The van der Waals surface area contributed by atoms with Gasteiger partial charge in [0.1, 0.15) is 0 Å². The molecule has 0 atom stereocenters. The van der Waals surface area contributed by atoms with Crippen molar-refractivity contribution in [2.45, 2.75) is 19.3 Å². The average molecular weight is 413 g/mol. The molecule has 0 bridgehead atoms. The van der Waals surface area contributed by atoms with Gasteiger partial charge in [0.05, 0.1) is 29.8 Å². The van der Waals surface area contributed by atoms with Crippen LogP contribution < -0.4 is 0 Å². The third kappa shape index (κ3) is 2.64. The lowest BCUT2D eigenvalue weighted by molar-refractivity contribution is -0.137. The highest BCUT2D eigenvalue weighted by atomic mass is 16.4. The van der Waals surface area contributed by atoms with E-state index in [1.807, 2.05) is 30.3 Å². The predicted octanol–water partition coefficient (Wildman–Crippen LogP) is 6.44. The third-order valence-corrected chi connectivity index (χ3v) is 6.16. The van der Waals surface area contributed by atoms with Gasteiger partial charge in [0.15, 0.2) is 5.69 Å². The van der Waals surface area contributed by atoms with Gasteiger partial charge in [-0.2, -0.15) is 10.5 Å². The molecular weight excluding hydrogens is 398 g/mol. The van der Waals surface area contributed by atoms with Gasteiger partial charge in [0.2, 0.25) is 0 Å². The number of aryl methyl sites for hydroxylation is 1. The Morgan fingerprint density at radius 2 is 1.34 bits per heavy atom. The zero-order chi connectivity index (χ0) is 22.4. The van der Waals surface area contributed by atoms with Gasteiger partial charge >= 0.3 is 5.97 Å². The fraction of sp³-hybridized carbons (Fsp3) is 0.111. The van der Waals surface area contributed by atoms with Gasteiger partial charge in [-0.1, -0.05) is 42.0 Å². The highest BCUT2D eigenvalue weighted by molar-refractivity contribution is 6.35. The van der Waals surface area contributed by atoms with E-state index in [1.54, 1.807) is 18.2 Å². The number of carboxylic acid groups (broad SMARTS) is 1. The lowest BCUT2D eigenvalue weighted by atomic mass is 9.85. The zero-order valence-electron chi connectivity index (χ0n) is 16.9. The number of benzene rings is 5. The fourth-order valence-corrected chi connectivity index (χ4v) is 4.86. The molecule has 0 aliphatic carbocycles. The van der Waals surface area contributed by atoms with Gasteiger partial charge in [0.25, 0.3) is 0 Å². The monoisotopic (exact) mass is 413 g/mol. The molecule has 0 heterocycles. The van der Waals surface area contributed by atoms with Gasteiger partial charge < -0.3 is 5.11 Å². The Labute approximate surface area is 183 Å². The summed E-state index contributed by atoms with van der Waals surface area (Å²) < 4.78 is 0. The first-order chi connectivity index (χ1) is 15.6. The summed E-state index contributed by atoms with van der Waals surface area (Å²) in [6.07, 6.45) is 1.14. The van der Waals surface area contributed by atoms with Gasteiger partial charge in [0, 0.05) is 17.2 Å². The molecule has 5 aromatic carbocycles. The van der Waals surface area contributed by atoms with E-state index < -0.39 is 5.97 Å². The van der Waals surface area contributed by atoms with Gasteiger partial charge in [-0.25, -0.2) is 4.85 Å². The Morgan fingerprint density at radius 3 is 1.88 bits per heavy atom. The molecule has 0 amide bonds. The van der Waals surface area contributed by atoms with E-state index in [4.69, 9.17) is 11.7 Å². The minimum atomic E-state index is -0.833. The van der Waals surface area contributed by atoms with Crippen molar-refractivity contribution in [1.29, 1.82) is 10.5 Å². The standard InChI is InChI=1S/C27H15N3O2/c1-30-22-12-11-21-19-10-7-17(14-29)24-16(13-28)6-9-18(26(19)24)20-8-5-15(25(22)27(20)21)3-2-4-23(31)32/h5-12H,2-4H2,(H,31,32). The van der Waals surface area contributed by atoms with Crippen LogP contribution in [-0.4, -0.2) is 11.1 Å². The molecule has 0 saturated heterocycles. The molecule has 1 N–H and O–H groups in total. The van der Waals surface area contributed by atoms with E-state index >= 15 is 0 Å². The Kier molecular flexibility index (Phi) is 4.37. The Morgan fingerprint density at radius 1 is 0.812 bits per heavy atom. The summed E-state index contributed by atoms with van der Waals surface area (Å²) in [5.41, 5.74) is 2.42. The number of hydrogen-bond donors (Lipinski definition) is 1. The zero-order valence-corrected chi connectivity index (χ0v) is 16.9. The highest BCUT2D eigenvalue weighted by Crippen LogP contribution is 2.45. The number of hydrogen-bond acceptors (Lipinski definition) is 3. The number of nitrogens with zero attached hydrogens (tertiary/aromatic N) is 3. The number of nitriles is 2. The van der Waals surface area contributed by atoms with E-state index in [0.717, 1.165) is 43.3 Å². The molecule has 0 saturated carbocycles. The van der Waals surface area contributed by atoms with E-state index in [-0.39, 0.29) is 6.42 Å². The van der Waals surface area contributed by atoms with Crippen molar-refractivity contribution in [3.8, 4) is 12.1 Å². The lowest BCUT2D eigenvalue weighted by Crippen LogP contribution is -1.97. The Hall–Kier alpha value is -4.66.